The van der Waals surface area contributed by atoms with E-state index in [0.717, 1.165) is 12.2 Å². The Labute approximate surface area is 104 Å². The third kappa shape index (κ3) is 1.92. The molecular weight excluding hydrogens is 222 g/mol. The van der Waals surface area contributed by atoms with Crippen molar-refractivity contribution in [2.75, 3.05) is 14.2 Å². The van der Waals surface area contributed by atoms with Gasteiger partial charge >= 0.3 is 0 Å². The fourth-order valence-electron chi connectivity index (χ4n) is 2.59. The van der Waals surface area contributed by atoms with Crippen molar-refractivity contribution < 1.29 is 4.74 Å². The van der Waals surface area contributed by atoms with Gasteiger partial charge in [0.2, 0.25) is 0 Å². The third-order valence-corrected chi connectivity index (χ3v) is 3.65. The van der Waals surface area contributed by atoms with Gasteiger partial charge in [-0.15, -0.1) is 12.4 Å². The third-order valence-electron chi connectivity index (χ3n) is 3.65. The summed E-state index contributed by atoms with van der Waals surface area (Å²) in [6.07, 6.45) is 1.11. The number of fused-ring (bicyclic) bond motifs is 1. The van der Waals surface area contributed by atoms with Gasteiger partial charge < -0.3 is 10.1 Å². The molecule has 0 aliphatic heterocycles. The summed E-state index contributed by atoms with van der Waals surface area (Å²) in [5, 5.41) is 3.40. The second-order valence-electron chi connectivity index (χ2n) is 4.79. The highest BCUT2D eigenvalue weighted by atomic mass is 35.5. The first kappa shape index (κ1) is 13.3. The lowest BCUT2D eigenvalue weighted by Crippen LogP contribution is -2.39. The molecule has 90 valence electrons. The van der Waals surface area contributed by atoms with Crippen LogP contribution in [0.15, 0.2) is 18.2 Å². The number of nitrogens with one attached hydrogen (secondary N) is 1. The zero-order chi connectivity index (χ0) is 11.1. The van der Waals surface area contributed by atoms with Crippen LogP contribution in [-0.4, -0.2) is 20.2 Å². The van der Waals surface area contributed by atoms with Gasteiger partial charge in [-0.25, -0.2) is 0 Å². The molecule has 1 N–H and O–H groups in total. The van der Waals surface area contributed by atoms with Crippen molar-refractivity contribution in [3.63, 3.8) is 0 Å². The molecule has 0 bridgehead atoms. The van der Waals surface area contributed by atoms with E-state index >= 15 is 0 Å². The lowest BCUT2D eigenvalue weighted by atomic mass is 9.83. The van der Waals surface area contributed by atoms with Gasteiger partial charge in [-0.05, 0) is 36.7 Å². The molecule has 0 spiro atoms. The maximum Gasteiger partial charge on any atom is 0.119 e. The molecule has 1 aromatic carbocycles. The van der Waals surface area contributed by atoms with Crippen LogP contribution >= 0.6 is 12.4 Å². The van der Waals surface area contributed by atoms with Gasteiger partial charge in [0.1, 0.15) is 5.75 Å². The van der Waals surface area contributed by atoms with Gasteiger partial charge in [0, 0.05) is 11.5 Å². The van der Waals surface area contributed by atoms with Crippen molar-refractivity contribution in [3.05, 3.63) is 29.3 Å². The van der Waals surface area contributed by atoms with Crippen molar-refractivity contribution in [3.8, 4) is 5.75 Å². The predicted molar refractivity (Wildman–Crippen MR) is 69.8 cm³/mol. The molecular formula is C13H20ClNO. The molecule has 1 unspecified atom stereocenters. The Balaban J connectivity index is 0.00000128. The largest absolute Gasteiger partial charge is 0.497 e. The van der Waals surface area contributed by atoms with Crippen LogP contribution in [0.2, 0.25) is 0 Å². The lowest BCUT2D eigenvalue weighted by molar-refractivity contribution is 0.386. The molecule has 0 fully saturated rings. The van der Waals surface area contributed by atoms with Crippen LogP contribution in [0.1, 0.15) is 25.0 Å². The Kier molecular flexibility index (Phi) is 3.87. The number of likely N-dealkylation sites (N-methyl/N-ethyl adjacent to an activating group) is 1. The first-order valence-corrected chi connectivity index (χ1v) is 5.44. The summed E-state index contributed by atoms with van der Waals surface area (Å²) in [4.78, 5) is 0. The summed E-state index contributed by atoms with van der Waals surface area (Å²) in [6.45, 7) is 4.58. The summed E-state index contributed by atoms with van der Waals surface area (Å²) in [5.41, 5.74) is 3.06. The predicted octanol–water partition coefficient (Wildman–Crippen LogP) is 2.54. The van der Waals surface area contributed by atoms with Crippen LogP contribution < -0.4 is 10.1 Å². The van der Waals surface area contributed by atoms with Gasteiger partial charge in [0.25, 0.3) is 0 Å². The summed E-state index contributed by atoms with van der Waals surface area (Å²) < 4.78 is 5.28. The molecule has 0 amide bonds. The molecule has 1 aliphatic carbocycles. The van der Waals surface area contributed by atoms with E-state index in [2.05, 4.69) is 31.3 Å². The molecule has 0 heterocycles. The molecule has 1 aromatic rings. The van der Waals surface area contributed by atoms with E-state index in [-0.39, 0.29) is 17.8 Å². The quantitative estimate of drug-likeness (QED) is 0.859. The Morgan fingerprint density at radius 3 is 2.62 bits per heavy atom. The van der Waals surface area contributed by atoms with Crippen LogP contribution in [0.3, 0.4) is 0 Å². The molecule has 16 heavy (non-hydrogen) atoms. The molecule has 0 saturated carbocycles. The van der Waals surface area contributed by atoms with Gasteiger partial charge in [0.05, 0.1) is 7.11 Å². The number of methoxy groups -OCH3 is 1. The van der Waals surface area contributed by atoms with Crippen molar-refractivity contribution in [2.24, 2.45) is 0 Å². The SMILES string of the molecule is CNC1Cc2ccc(OC)cc2C1(C)C.Cl. The molecule has 1 atom stereocenters. The average Bonchev–Trinajstić information content (AvgIpc) is 2.50. The van der Waals surface area contributed by atoms with Gasteiger partial charge in [-0.1, -0.05) is 19.9 Å². The summed E-state index contributed by atoms with van der Waals surface area (Å²) in [7, 11) is 3.76. The Morgan fingerprint density at radius 1 is 1.38 bits per heavy atom. The zero-order valence-corrected chi connectivity index (χ0v) is 11.1. The minimum Gasteiger partial charge on any atom is -0.497 e. The van der Waals surface area contributed by atoms with E-state index in [1.807, 2.05) is 13.1 Å². The fourth-order valence-corrected chi connectivity index (χ4v) is 2.59. The van der Waals surface area contributed by atoms with Crippen molar-refractivity contribution >= 4 is 12.4 Å². The second-order valence-corrected chi connectivity index (χ2v) is 4.79. The second kappa shape index (κ2) is 4.64. The summed E-state index contributed by atoms with van der Waals surface area (Å²) in [5.74, 6) is 0.957. The van der Waals surface area contributed by atoms with Gasteiger partial charge in [0.15, 0.2) is 0 Å². The standard InChI is InChI=1S/C13H19NO.ClH/c1-13(2)11-8-10(15-4)6-5-9(11)7-12(13)14-3;/h5-6,8,12,14H,7H2,1-4H3;1H. The molecule has 0 radical (unpaired) electrons. The number of benzene rings is 1. The fraction of sp³-hybridized carbons (Fsp3) is 0.538. The molecule has 3 heteroatoms. The highest BCUT2D eigenvalue weighted by Crippen LogP contribution is 2.40. The van der Waals surface area contributed by atoms with E-state index < -0.39 is 0 Å². The molecule has 2 nitrogen and oxygen atoms in total. The van der Waals surface area contributed by atoms with Crippen LogP contribution in [0, 0.1) is 0 Å². The first-order chi connectivity index (χ1) is 7.09. The summed E-state index contributed by atoms with van der Waals surface area (Å²) in [6, 6.07) is 6.94. The number of rotatable bonds is 2. The van der Waals surface area contributed by atoms with Crippen LogP contribution in [0.25, 0.3) is 0 Å². The van der Waals surface area contributed by atoms with Crippen LogP contribution in [-0.2, 0) is 11.8 Å². The van der Waals surface area contributed by atoms with Crippen LogP contribution in [0.4, 0.5) is 0 Å². The van der Waals surface area contributed by atoms with Gasteiger partial charge in [-0.3, -0.25) is 0 Å². The number of hydrogen-bond donors (Lipinski definition) is 1. The van der Waals surface area contributed by atoms with Crippen molar-refractivity contribution in [1.29, 1.82) is 0 Å². The first-order valence-electron chi connectivity index (χ1n) is 5.44. The monoisotopic (exact) mass is 241 g/mol. The zero-order valence-electron chi connectivity index (χ0n) is 10.3. The van der Waals surface area contributed by atoms with Gasteiger partial charge in [-0.2, -0.15) is 0 Å². The number of halogens is 1. The molecule has 0 saturated heterocycles. The van der Waals surface area contributed by atoms with Crippen molar-refractivity contribution in [2.45, 2.75) is 31.7 Å². The van der Waals surface area contributed by atoms with Crippen LogP contribution in [0.5, 0.6) is 5.75 Å². The molecule has 1 aliphatic rings. The Morgan fingerprint density at radius 2 is 2.06 bits per heavy atom. The minimum absolute atomic E-state index is 0. The Bertz CT molecular complexity index is 376. The highest BCUT2D eigenvalue weighted by Gasteiger charge is 2.38. The maximum absolute atomic E-state index is 5.28. The number of ether oxygens (including phenoxy) is 1. The smallest absolute Gasteiger partial charge is 0.119 e. The normalized spacial score (nSPS) is 21.1. The molecule has 2 rings (SSSR count). The Hall–Kier alpha value is -0.730. The minimum atomic E-state index is 0. The molecule has 0 aromatic heterocycles. The average molecular weight is 242 g/mol. The van der Waals surface area contributed by atoms with E-state index in [4.69, 9.17) is 4.74 Å². The van der Waals surface area contributed by atoms with Crippen molar-refractivity contribution in [1.82, 2.24) is 5.32 Å². The number of hydrogen-bond acceptors (Lipinski definition) is 2. The lowest BCUT2D eigenvalue weighted by Gasteiger charge is -2.28. The highest BCUT2D eigenvalue weighted by molar-refractivity contribution is 5.85. The van der Waals surface area contributed by atoms with E-state index in [1.165, 1.54) is 11.1 Å². The topological polar surface area (TPSA) is 21.3 Å². The van der Waals surface area contributed by atoms with E-state index in [9.17, 15) is 0 Å². The maximum atomic E-state index is 5.28. The van der Waals surface area contributed by atoms with E-state index in [0.29, 0.717) is 6.04 Å². The summed E-state index contributed by atoms with van der Waals surface area (Å²) >= 11 is 0. The van der Waals surface area contributed by atoms with E-state index in [1.54, 1.807) is 7.11 Å².